The molecule has 1 saturated carbocycles. The van der Waals surface area contributed by atoms with Crippen molar-refractivity contribution < 1.29 is 4.39 Å². The number of halogens is 2. The van der Waals surface area contributed by atoms with Gasteiger partial charge in [-0.2, -0.15) is 4.39 Å². The molecule has 2 rings (SSSR count). The Morgan fingerprint density at radius 1 is 1.28 bits per heavy atom. The molecule has 1 aliphatic carbocycles. The Morgan fingerprint density at radius 2 is 2.00 bits per heavy atom. The molecule has 1 aliphatic rings. The van der Waals surface area contributed by atoms with Crippen LogP contribution in [0.4, 0.5) is 4.39 Å². The Hall–Kier alpha value is -1.10. The summed E-state index contributed by atoms with van der Waals surface area (Å²) in [5, 5.41) is -0.511. The molecule has 1 aromatic heterocycles. The summed E-state index contributed by atoms with van der Waals surface area (Å²) in [5.41, 5.74) is -1.53. The average Bonchev–Trinajstić information content (AvgIpc) is 2.52. The first-order valence-electron chi connectivity index (χ1n) is 6.20. The Kier molecular flexibility index (Phi) is 3.90. The van der Waals surface area contributed by atoms with Crippen molar-refractivity contribution in [3.63, 3.8) is 0 Å². The van der Waals surface area contributed by atoms with Gasteiger partial charge in [-0.15, -0.1) is 0 Å². The Labute approximate surface area is 109 Å². The summed E-state index contributed by atoms with van der Waals surface area (Å²) in [4.78, 5) is 25.7. The van der Waals surface area contributed by atoms with Gasteiger partial charge in [0.05, 0.1) is 0 Å². The monoisotopic (exact) mass is 274 g/mol. The standard InChI is InChI=1S/C12H16ClFN2O2/c1-7-3-2-4-8(6-5-7)16-11(17)9(14)10(13)15-12(16)18/h7-8H,2-6H2,1H3,(H,15,18). The lowest BCUT2D eigenvalue weighted by molar-refractivity contribution is 0.394. The highest BCUT2D eigenvalue weighted by atomic mass is 35.5. The fraction of sp³-hybridized carbons (Fsp3) is 0.667. The molecule has 4 nitrogen and oxygen atoms in total. The Balaban J connectivity index is 2.42. The van der Waals surface area contributed by atoms with E-state index in [4.69, 9.17) is 11.6 Å². The van der Waals surface area contributed by atoms with E-state index in [-0.39, 0.29) is 6.04 Å². The first kappa shape index (κ1) is 13.3. The van der Waals surface area contributed by atoms with Crippen LogP contribution in [0.1, 0.15) is 45.1 Å². The molecule has 0 spiro atoms. The molecule has 1 aromatic rings. The van der Waals surface area contributed by atoms with Gasteiger partial charge in [-0.05, 0) is 25.2 Å². The van der Waals surface area contributed by atoms with E-state index in [2.05, 4.69) is 11.9 Å². The number of aromatic amines is 1. The minimum Gasteiger partial charge on any atom is -0.295 e. The lowest BCUT2D eigenvalue weighted by Crippen LogP contribution is -2.39. The number of nitrogens with one attached hydrogen (secondary N) is 1. The van der Waals surface area contributed by atoms with Crippen LogP contribution in [0.2, 0.25) is 5.15 Å². The zero-order valence-corrected chi connectivity index (χ0v) is 11.0. The predicted molar refractivity (Wildman–Crippen MR) is 67.6 cm³/mol. The van der Waals surface area contributed by atoms with Crippen molar-refractivity contribution in [2.24, 2.45) is 5.92 Å². The summed E-state index contributed by atoms with van der Waals surface area (Å²) in [5.74, 6) is -0.490. The van der Waals surface area contributed by atoms with Crippen LogP contribution in [-0.4, -0.2) is 9.55 Å². The minimum absolute atomic E-state index is 0.224. The largest absolute Gasteiger partial charge is 0.329 e. The van der Waals surface area contributed by atoms with Crippen molar-refractivity contribution in [3.05, 3.63) is 31.8 Å². The molecule has 0 saturated heterocycles. The van der Waals surface area contributed by atoms with Crippen molar-refractivity contribution in [2.75, 3.05) is 0 Å². The maximum absolute atomic E-state index is 13.5. The molecule has 1 heterocycles. The zero-order chi connectivity index (χ0) is 13.3. The van der Waals surface area contributed by atoms with E-state index in [1.54, 1.807) is 0 Å². The van der Waals surface area contributed by atoms with Gasteiger partial charge in [0.15, 0.2) is 5.15 Å². The molecule has 0 amide bonds. The maximum atomic E-state index is 13.5. The van der Waals surface area contributed by atoms with Crippen molar-refractivity contribution in [3.8, 4) is 0 Å². The van der Waals surface area contributed by atoms with Gasteiger partial charge in [0.2, 0.25) is 5.82 Å². The van der Waals surface area contributed by atoms with Crippen LogP contribution < -0.4 is 11.2 Å². The topological polar surface area (TPSA) is 54.9 Å². The van der Waals surface area contributed by atoms with Gasteiger partial charge in [-0.3, -0.25) is 14.3 Å². The number of H-pyrrole nitrogens is 1. The molecule has 6 heteroatoms. The first-order valence-corrected chi connectivity index (χ1v) is 6.58. The average molecular weight is 275 g/mol. The SMILES string of the molecule is CC1CCCC(n2c(=O)[nH]c(Cl)c(F)c2=O)CC1. The van der Waals surface area contributed by atoms with E-state index in [1.165, 1.54) is 0 Å². The van der Waals surface area contributed by atoms with E-state index in [0.717, 1.165) is 36.7 Å². The molecule has 100 valence electrons. The second kappa shape index (κ2) is 5.26. The zero-order valence-electron chi connectivity index (χ0n) is 10.2. The van der Waals surface area contributed by atoms with Gasteiger partial charge in [-0.25, -0.2) is 4.79 Å². The molecule has 1 N–H and O–H groups in total. The second-order valence-corrected chi connectivity index (χ2v) is 5.38. The molecular formula is C12H16ClFN2O2. The van der Waals surface area contributed by atoms with E-state index in [1.807, 2.05) is 0 Å². The van der Waals surface area contributed by atoms with Crippen molar-refractivity contribution in [1.82, 2.24) is 9.55 Å². The predicted octanol–water partition coefficient (Wildman–Crippen LogP) is 2.47. The van der Waals surface area contributed by atoms with Gasteiger partial charge in [-0.1, -0.05) is 31.4 Å². The van der Waals surface area contributed by atoms with E-state index in [0.29, 0.717) is 5.92 Å². The molecule has 1 fully saturated rings. The van der Waals surface area contributed by atoms with Gasteiger partial charge in [0.1, 0.15) is 0 Å². The van der Waals surface area contributed by atoms with Crippen molar-refractivity contribution in [2.45, 2.75) is 45.1 Å². The third-order valence-electron chi connectivity index (χ3n) is 3.63. The van der Waals surface area contributed by atoms with Crippen molar-refractivity contribution in [1.29, 1.82) is 0 Å². The highest BCUT2D eigenvalue weighted by molar-refractivity contribution is 6.29. The molecule has 2 unspecified atom stereocenters. The number of hydrogen-bond acceptors (Lipinski definition) is 2. The van der Waals surface area contributed by atoms with Gasteiger partial charge >= 0.3 is 5.69 Å². The third kappa shape index (κ3) is 2.51. The normalized spacial score (nSPS) is 24.8. The van der Waals surface area contributed by atoms with Crippen molar-refractivity contribution >= 4 is 11.6 Å². The fourth-order valence-electron chi connectivity index (χ4n) is 2.56. The molecule has 0 aliphatic heterocycles. The summed E-state index contributed by atoms with van der Waals surface area (Å²) in [6.07, 6.45) is 4.43. The van der Waals surface area contributed by atoms with Gasteiger partial charge in [0.25, 0.3) is 5.56 Å². The van der Waals surface area contributed by atoms with E-state index >= 15 is 0 Å². The van der Waals surface area contributed by atoms with E-state index in [9.17, 15) is 14.0 Å². The molecule has 0 aromatic carbocycles. The van der Waals surface area contributed by atoms with Crippen LogP contribution in [0.15, 0.2) is 9.59 Å². The molecule has 0 bridgehead atoms. The fourth-order valence-corrected chi connectivity index (χ4v) is 2.72. The summed E-state index contributed by atoms with van der Waals surface area (Å²) >= 11 is 5.44. The van der Waals surface area contributed by atoms with Crippen LogP contribution in [0, 0.1) is 11.7 Å². The highest BCUT2D eigenvalue weighted by Crippen LogP contribution is 2.28. The molecule has 0 radical (unpaired) electrons. The van der Waals surface area contributed by atoms with Crippen LogP contribution >= 0.6 is 11.6 Å². The molecule has 18 heavy (non-hydrogen) atoms. The summed E-state index contributed by atoms with van der Waals surface area (Å²) in [6, 6.07) is -0.224. The maximum Gasteiger partial charge on any atom is 0.329 e. The molecular weight excluding hydrogens is 259 g/mol. The smallest absolute Gasteiger partial charge is 0.295 e. The third-order valence-corrected chi connectivity index (χ3v) is 3.89. The number of hydrogen-bond donors (Lipinski definition) is 1. The summed E-state index contributed by atoms with van der Waals surface area (Å²) in [7, 11) is 0. The Bertz CT molecular complexity index is 552. The quantitative estimate of drug-likeness (QED) is 0.632. The number of nitrogens with zero attached hydrogens (tertiary/aromatic N) is 1. The van der Waals surface area contributed by atoms with Crippen LogP contribution in [0.25, 0.3) is 0 Å². The minimum atomic E-state index is -1.08. The van der Waals surface area contributed by atoms with Gasteiger partial charge < -0.3 is 0 Å². The number of aromatic nitrogens is 2. The summed E-state index contributed by atoms with van der Waals surface area (Å²) < 4.78 is 14.5. The second-order valence-electron chi connectivity index (χ2n) is 5.00. The Morgan fingerprint density at radius 3 is 2.72 bits per heavy atom. The van der Waals surface area contributed by atoms with Crippen LogP contribution in [0.5, 0.6) is 0 Å². The number of rotatable bonds is 1. The first-order chi connectivity index (χ1) is 8.50. The lowest BCUT2D eigenvalue weighted by Gasteiger charge is -2.16. The highest BCUT2D eigenvalue weighted by Gasteiger charge is 2.22. The lowest BCUT2D eigenvalue weighted by atomic mass is 10.0. The molecule has 2 atom stereocenters. The van der Waals surface area contributed by atoms with Crippen LogP contribution in [-0.2, 0) is 0 Å². The van der Waals surface area contributed by atoms with Crippen LogP contribution in [0.3, 0.4) is 0 Å². The summed E-state index contributed by atoms with van der Waals surface area (Å²) in [6.45, 7) is 2.15. The van der Waals surface area contributed by atoms with E-state index < -0.39 is 22.2 Å². The van der Waals surface area contributed by atoms with Gasteiger partial charge in [0, 0.05) is 6.04 Å².